The molecule has 0 amide bonds. The number of rotatable bonds is 8. The fourth-order valence-electron chi connectivity index (χ4n) is 4.49. The molecule has 1 aliphatic heterocycles. The lowest BCUT2D eigenvalue weighted by molar-refractivity contribution is 0.271. The Labute approximate surface area is 202 Å². The summed E-state index contributed by atoms with van der Waals surface area (Å²) in [7, 11) is 4.80. The minimum atomic E-state index is -0.100. The van der Waals surface area contributed by atoms with Crippen LogP contribution >= 0.6 is 0 Å². The van der Waals surface area contributed by atoms with Crippen molar-refractivity contribution >= 4 is 27.8 Å². The third-order valence-electron chi connectivity index (χ3n) is 6.19. The van der Waals surface area contributed by atoms with Gasteiger partial charge in [-0.3, -0.25) is 0 Å². The molecule has 9 nitrogen and oxygen atoms in total. The van der Waals surface area contributed by atoms with E-state index in [1.54, 1.807) is 27.4 Å². The molecule has 0 spiro atoms. The molecule has 35 heavy (non-hydrogen) atoms. The van der Waals surface area contributed by atoms with Crippen LogP contribution in [0, 0.1) is 0 Å². The van der Waals surface area contributed by atoms with E-state index >= 15 is 0 Å². The van der Waals surface area contributed by atoms with E-state index in [1.165, 1.54) is 0 Å². The van der Waals surface area contributed by atoms with Crippen LogP contribution in [0.4, 0.5) is 5.82 Å². The zero-order valence-corrected chi connectivity index (χ0v) is 20.1. The van der Waals surface area contributed by atoms with Crippen molar-refractivity contribution in [2.45, 2.75) is 19.4 Å². The Morgan fingerprint density at radius 3 is 2.60 bits per heavy atom. The van der Waals surface area contributed by atoms with Crippen molar-refractivity contribution < 1.29 is 28.5 Å². The molecule has 2 N–H and O–H groups in total. The maximum Gasteiger partial charge on any atom is 0.192 e. The van der Waals surface area contributed by atoms with Gasteiger partial charge in [0.15, 0.2) is 22.9 Å². The lowest BCUT2D eigenvalue weighted by atomic mass is 9.98. The summed E-state index contributed by atoms with van der Waals surface area (Å²) in [5.74, 6) is 2.98. The molecule has 0 aliphatic carbocycles. The predicted octanol–water partition coefficient (Wildman–Crippen LogP) is 4.35. The minimum Gasteiger partial charge on any atom is -0.496 e. The van der Waals surface area contributed by atoms with Gasteiger partial charge in [-0.1, -0.05) is 6.58 Å². The summed E-state index contributed by atoms with van der Waals surface area (Å²) in [6, 6.07) is 7.48. The van der Waals surface area contributed by atoms with Crippen molar-refractivity contribution in [1.82, 2.24) is 10.2 Å². The van der Waals surface area contributed by atoms with E-state index in [0.29, 0.717) is 52.9 Å². The van der Waals surface area contributed by atoms with Crippen LogP contribution in [0.2, 0.25) is 0 Å². The van der Waals surface area contributed by atoms with Gasteiger partial charge in [0.25, 0.3) is 0 Å². The fourth-order valence-corrected chi connectivity index (χ4v) is 4.49. The average Bonchev–Trinajstić information content (AvgIpc) is 3.47. The van der Waals surface area contributed by atoms with E-state index < -0.39 is 0 Å². The standard InChI is InChI=1S/C26H27N3O6/c1-13(2)18-11-16-17(34-18)7-6-14(24(16)33-5)23-22-15-10-20(31-3)21(32-4)12-19(15)35-25(22)26(29-28-23)27-8-9-30/h6-7,10,12,18,30H,1,8-9,11H2,2-5H3,(H,27,29)/t18-/m1/s1. The van der Waals surface area contributed by atoms with Crippen molar-refractivity contribution in [2.24, 2.45) is 0 Å². The number of aliphatic hydroxyl groups excluding tert-OH is 1. The summed E-state index contributed by atoms with van der Waals surface area (Å²) in [6.07, 6.45) is 0.558. The molecule has 1 atom stereocenters. The van der Waals surface area contributed by atoms with Gasteiger partial charge in [-0.15, -0.1) is 10.2 Å². The Balaban J connectivity index is 1.79. The van der Waals surface area contributed by atoms with Crippen LogP contribution in [0.3, 0.4) is 0 Å². The summed E-state index contributed by atoms with van der Waals surface area (Å²) < 4.78 is 29.2. The maximum atomic E-state index is 9.32. The average molecular weight is 478 g/mol. The molecule has 5 rings (SSSR count). The van der Waals surface area contributed by atoms with E-state index in [9.17, 15) is 5.11 Å². The highest BCUT2D eigenvalue weighted by Gasteiger charge is 2.30. The van der Waals surface area contributed by atoms with E-state index in [2.05, 4.69) is 22.1 Å². The molecule has 3 heterocycles. The highest BCUT2D eigenvalue weighted by Crippen LogP contribution is 2.47. The van der Waals surface area contributed by atoms with Gasteiger partial charge in [-0.25, -0.2) is 0 Å². The number of nitrogens with zero attached hydrogens (tertiary/aromatic N) is 2. The second kappa shape index (κ2) is 8.99. The summed E-state index contributed by atoms with van der Waals surface area (Å²) in [5.41, 5.74) is 4.37. The fraction of sp³-hybridized carbons (Fsp3) is 0.308. The smallest absolute Gasteiger partial charge is 0.192 e. The monoisotopic (exact) mass is 477 g/mol. The van der Waals surface area contributed by atoms with Crippen molar-refractivity contribution in [3.05, 3.63) is 42.0 Å². The number of nitrogens with one attached hydrogen (secondary N) is 1. The molecule has 0 saturated carbocycles. The Kier molecular flexibility index (Phi) is 5.86. The number of fused-ring (bicyclic) bond motifs is 4. The summed E-state index contributed by atoms with van der Waals surface area (Å²) in [4.78, 5) is 0. The minimum absolute atomic E-state index is 0.0602. The van der Waals surface area contributed by atoms with Crippen LogP contribution in [-0.4, -0.2) is 55.9 Å². The van der Waals surface area contributed by atoms with Gasteiger partial charge in [-0.05, 0) is 30.7 Å². The molecule has 0 saturated heterocycles. The molecule has 0 bridgehead atoms. The SMILES string of the molecule is C=C(C)[C@H]1Cc2c(ccc(-c3nnc(NCCO)c4oc5cc(OC)c(OC)cc5c34)c2OC)O1. The van der Waals surface area contributed by atoms with Gasteiger partial charge in [-0.2, -0.15) is 0 Å². The third kappa shape index (κ3) is 3.68. The van der Waals surface area contributed by atoms with Crippen LogP contribution in [0.25, 0.3) is 33.2 Å². The summed E-state index contributed by atoms with van der Waals surface area (Å²) >= 11 is 0. The van der Waals surface area contributed by atoms with Crippen LogP contribution in [0.5, 0.6) is 23.0 Å². The number of aliphatic hydroxyl groups is 1. The molecule has 0 radical (unpaired) electrons. The number of benzene rings is 2. The first-order valence-corrected chi connectivity index (χ1v) is 11.2. The van der Waals surface area contributed by atoms with Gasteiger partial charge in [0.1, 0.15) is 28.9 Å². The van der Waals surface area contributed by atoms with Crippen LogP contribution in [0.1, 0.15) is 12.5 Å². The number of hydrogen-bond acceptors (Lipinski definition) is 9. The first-order valence-electron chi connectivity index (χ1n) is 11.2. The Morgan fingerprint density at radius 2 is 1.91 bits per heavy atom. The molecule has 2 aromatic carbocycles. The Hall–Kier alpha value is -3.98. The van der Waals surface area contributed by atoms with Crippen molar-refractivity contribution in [3.8, 4) is 34.3 Å². The Bertz CT molecular complexity index is 1440. The summed E-state index contributed by atoms with van der Waals surface area (Å²) in [6.45, 7) is 6.24. The summed E-state index contributed by atoms with van der Waals surface area (Å²) in [5, 5.41) is 22.9. The molecule has 0 fully saturated rings. The highest BCUT2D eigenvalue weighted by molar-refractivity contribution is 6.15. The van der Waals surface area contributed by atoms with Crippen LogP contribution in [0.15, 0.2) is 40.8 Å². The van der Waals surface area contributed by atoms with E-state index in [4.69, 9.17) is 23.4 Å². The number of ether oxygens (including phenoxy) is 4. The first kappa shape index (κ1) is 22.8. The number of methoxy groups -OCH3 is 3. The maximum absolute atomic E-state index is 9.32. The molecule has 4 aromatic rings. The number of furan rings is 1. The lowest BCUT2D eigenvalue weighted by Gasteiger charge is -2.13. The van der Waals surface area contributed by atoms with E-state index in [0.717, 1.165) is 33.2 Å². The van der Waals surface area contributed by atoms with Crippen molar-refractivity contribution in [2.75, 3.05) is 39.8 Å². The molecular weight excluding hydrogens is 450 g/mol. The van der Waals surface area contributed by atoms with Crippen LogP contribution in [-0.2, 0) is 6.42 Å². The van der Waals surface area contributed by atoms with Gasteiger partial charge >= 0.3 is 0 Å². The van der Waals surface area contributed by atoms with Crippen molar-refractivity contribution in [1.29, 1.82) is 0 Å². The zero-order valence-electron chi connectivity index (χ0n) is 20.1. The van der Waals surface area contributed by atoms with E-state index in [-0.39, 0.29) is 12.7 Å². The lowest BCUT2D eigenvalue weighted by Crippen LogP contribution is -2.13. The second-order valence-electron chi connectivity index (χ2n) is 8.34. The Morgan fingerprint density at radius 1 is 1.14 bits per heavy atom. The van der Waals surface area contributed by atoms with Gasteiger partial charge in [0.2, 0.25) is 0 Å². The molecule has 2 aromatic heterocycles. The molecular formula is C26H27N3O6. The molecule has 0 unspecified atom stereocenters. The second-order valence-corrected chi connectivity index (χ2v) is 8.34. The third-order valence-corrected chi connectivity index (χ3v) is 6.19. The number of anilines is 1. The molecule has 1 aliphatic rings. The number of aromatic nitrogens is 2. The topological polar surface area (TPSA) is 108 Å². The highest BCUT2D eigenvalue weighted by atomic mass is 16.5. The largest absolute Gasteiger partial charge is 0.496 e. The van der Waals surface area contributed by atoms with Gasteiger partial charge in [0.05, 0.1) is 33.3 Å². The zero-order chi connectivity index (χ0) is 24.7. The number of hydrogen-bond donors (Lipinski definition) is 2. The van der Waals surface area contributed by atoms with Crippen molar-refractivity contribution in [3.63, 3.8) is 0 Å². The molecule has 182 valence electrons. The normalized spacial score (nSPS) is 14.6. The van der Waals surface area contributed by atoms with Crippen LogP contribution < -0.4 is 24.3 Å². The molecule has 9 heteroatoms. The first-order chi connectivity index (χ1) is 17.0. The quantitative estimate of drug-likeness (QED) is 0.358. The van der Waals surface area contributed by atoms with E-state index in [1.807, 2.05) is 25.1 Å². The van der Waals surface area contributed by atoms with Gasteiger partial charge < -0.3 is 33.8 Å². The predicted molar refractivity (Wildman–Crippen MR) is 133 cm³/mol. The van der Waals surface area contributed by atoms with Gasteiger partial charge in [0, 0.05) is 35.5 Å².